The van der Waals surface area contributed by atoms with Crippen molar-refractivity contribution in [2.45, 2.75) is 24.8 Å². The first kappa shape index (κ1) is 19.7. The zero-order chi connectivity index (χ0) is 21.4. The molecular formula is C23H18N4O2S2. The van der Waals surface area contributed by atoms with Gasteiger partial charge in [0.25, 0.3) is 11.4 Å². The van der Waals surface area contributed by atoms with Crippen LogP contribution in [0.2, 0.25) is 0 Å². The van der Waals surface area contributed by atoms with Gasteiger partial charge in [-0.1, -0.05) is 47.3 Å². The summed E-state index contributed by atoms with van der Waals surface area (Å²) in [6, 6.07) is 17.3. The molecule has 5 rings (SSSR count). The van der Waals surface area contributed by atoms with Gasteiger partial charge in [0.1, 0.15) is 0 Å². The highest BCUT2D eigenvalue weighted by atomic mass is 32.2. The van der Waals surface area contributed by atoms with Crippen molar-refractivity contribution in [1.29, 1.82) is 0 Å². The second-order valence-corrected chi connectivity index (χ2v) is 8.94. The van der Waals surface area contributed by atoms with E-state index in [2.05, 4.69) is 10.1 Å². The molecule has 3 heterocycles. The number of benzene rings is 2. The molecule has 0 fully saturated rings. The van der Waals surface area contributed by atoms with E-state index in [1.807, 2.05) is 73.8 Å². The van der Waals surface area contributed by atoms with Crippen LogP contribution in [0.1, 0.15) is 17.0 Å². The lowest BCUT2D eigenvalue weighted by Crippen LogP contribution is -2.22. The molecule has 8 heteroatoms. The molecule has 0 aliphatic heterocycles. The molecule has 31 heavy (non-hydrogen) atoms. The van der Waals surface area contributed by atoms with Gasteiger partial charge in [-0.3, -0.25) is 9.36 Å². The number of thiophene rings is 1. The molecule has 0 saturated heterocycles. The molecule has 6 nitrogen and oxygen atoms in total. The predicted molar refractivity (Wildman–Crippen MR) is 124 cm³/mol. The standard InChI is InChI=1S/C23H18N4O2S2/c1-14-7-5-10-18(15(14)2)27-22(28)16-8-3-4-9-17(16)24-23(27)31-13-20-25-21(29-26-20)19-11-6-12-30-19/h3-12H,13H2,1-2H3. The summed E-state index contributed by atoms with van der Waals surface area (Å²) in [5.74, 6) is 1.50. The number of fused-ring (bicyclic) bond motifs is 1. The molecule has 0 N–H and O–H groups in total. The Morgan fingerprint density at radius 3 is 2.74 bits per heavy atom. The molecule has 3 aromatic heterocycles. The fraction of sp³-hybridized carbons (Fsp3) is 0.130. The molecule has 0 bridgehead atoms. The molecule has 0 radical (unpaired) electrons. The van der Waals surface area contributed by atoms with Crippen molar-refractivity contribution in [1.82, 2.24) is 19.7 Å². The summed E-state index contributed by atoms with van der Waals surface area (Å²) in [4.78, 5) is 23.7. The average molecular weight is 447 g/mol. The lowest BCUT2D eigenvalue weighted by atomic mass is 10.1. The maximum atomic E-state index is 13.4. The van der Waals surface area contributed by atoms with Gasteiger partial charge in [-0.15, -0.1) is 11.3 Å². The molecule has 0 unspecified atom stereocenters. The third-order valence-corrected chi connectivity index (χ3v) is 6.88. The van der Waals surface area contributed by atoms with Gasteiger partial charge >= 0.3 is 0 Å². The molecule has 0 atom stereocenters. The molecule has 0 spiro atoms. The van der Waals surface area contributed by atoms with Crippen LogP contribution in [0.15, 0.2) is 74.5 Å². The third kappa shape index (κ3) is 3.68. The highest BCUT2D eigenvalue weighted by Crippen LogP contribution is 2.28. The first-order valence-electron chi connectivity index (χ1n) is 9.69. The van der Waals surface area contributed by atoms with Crippen molar-refractivity contribution >= 4 is 34.0 Å². The minimum absolute atomic E-state index is 0.0887. The average Bonchev–Trinajstić information content (AvgIpc) is 3.47. The number of thioether (sulfide) groups is 1. The Morgan fingerprint density at radius 2 is 1.90 bits per heavy atom. The molecule has 154 valence electrons. The van der Waals surface area contributed by atoms with Crippen molar-refractivity contribution in [2.24, 2.45) is 0 Å². The zero-order valence-electron chi connectivity index (χ0n) is 16.9. The summed E-state index contributed by atoms with van der Waals surface area (Å²) in [5.41, 5.74) is 3.58. The molecule has 5 aromatic rings. The summed E-state index contributed by atoms with van der Waals surface area (Å²) >= 11 is 2.97. The Kier molecular flexibility index (Phi) is 5.17. The predicted octanol–water partition coefficient (Wildman–Crippen LogP) is 5.41. The fourth-order valence-corrected chi connectivity index (χ4v) is 4.83. The Morgan fingerprint density at radius 1 is 1.03 bits per heavy atom. The molecule has 0 aliphatic carbocycles. The number of aromatic nitrogens is 4. The van der Waals surface area contributed by atoms with E-state index in [9.17, 15) is 4.79 Å². The van der Waals surface area contributed by atoms with E-state index < -0.39 is 0 Å². The van der Waals surface area contributed by atoms with E-state index in [1.54, 1.807) is 15.9 Å². The molecule has 0 amide bonds. The molecule has 0 saturated carbocycles. The smallest absolute Gasteiger partial charge is 0.268 e. The number of nitrogens with zero attached hydrogens (tertiary/aromatic N) is 4. The number of hydrogen-bond acceptors (Lipinski definition) is 7. The molecule has 0 aliphatic rings. The zero-order valence-corrected chi connectivity index (χ0v) is 18.5. The first-order chi connectivity index (χ1) is 15.1. The Labute approximate surface area is 186 Å². The van der Waals surface area contributed by atoms with Gasteiger partial charge < -0.3 is 4.52 Å². The highest BCUT2D eigenvalue weighted by Gasteiger charge is 2.17. The maximum Gasteiger partial charge on any atom is 0.268 e. The largest absolute Gasteiger partial charge is 0.333 e. The second-order valence-electron chi connectivity index (χ2n) is 7.05. The van der Waals surface area contributed by atoms with Crippen molar-refractivity contribution in [3.8, 4) is 16.5 Å². The Hall–Kier alpha value is -3.23. The van der Waals surface area contributed by atoms with Gasteiger partial charge in [-0.2, -0.15) is 4.98 Å². The molecule has 2 aromatic carbocycles. The van der Waals surface area contributed by atoms with Crippen LogP contribution in [-0.2, 0) is 5.75 Å². The minimum atomic E-state index is -0.0887. The van der Waals surface area contributed by atoms with Crippen LogP contribution in [0.25, 0.3) is 27.4 Å². The van der Waals surface area contributed by atoms with Crippen LogP contribution in [0.5, 0.6) is 0 Å². The van der Waals surface area contributed by atoms with Crippen molar-refractivity contribution in [3.05, 3.63) is 87.3 Å². The SMILES string of the molecule is Cc1cccc(-n2c(SCc3noc(-c4cccs4)n3)nc3ccccc3c2=O)c1C. The van der Waals surface area contributed by atoms with E-state index in [-0.39, 0.29) is 5.56 Å². The summed E-state index contributed by atoms with van der Waals surface area (Å²) < 4.78 is 7.08. The van der Waals surface area contributed by atoms with Crippen LogP contribution >= 0.6 is 23.1 Å². The molecular weight excluding hydrogens is 428 g/mol. The Balaban J connectivity index is 1.57. The van der Waals surface area contributed by atoms with Gasteiger partial charge in [0.15, 0.2) is 11.0 Å². The summed E-state index contributed by atoms with van der Waals surface area (Å²) in [6.45, 7) is 4.06. The Bertz CT molecular complexity index is 1440. The van der Waals surface area contributed by atoms with Crippen LogP contribution in [0, 0.1) is 13.8 Å². The quantitative estimate of drug-likeness (QED) is 0.266. The topological polar surface area (TPSA) is 73.8 Å². The van der Waals surface area contributed by atoms with Crippen molar-refractivity contribution in [2.75, 3.05) is 0 Å². The normalized spacial score (nSPS) is 11.3. The van der Waals surface area contributed by atoms with E-state index in [4.69, 9.17) is 9.51 Å². The summed E-state index contributed by atoms with van der Waals surface area (Å²) in [5, 5.41) is 7.25. The van der Waals surface area contributed by atoms with Gasteiger partial charge in [0.05, 0.1) is 27.2 Å². The lowest BCUT2D eigenvalue weighted by Gasteiger charge is -2.16. The van der Waals surface area contributed by atoms with E-state index >= 15 is 0 Å². The van der Waals surface area contributed by atoms with Crippen molar-refractivity contribution in [3.63, 3.8) is 0 Å². The first-order valence-corrected chi connectivity index (χ1v) is 11.6. The van der Waals surface area contributed by atoms with Gasteiger partial charge in [0, 0.05) is 0 Å². The minimum Gasteiger partial charge on any atom is -0.333 e. The fourth-order valence-electron chi connectivity index (χ4n) is 3.34. The second kappa shape index (κ2) is 8.13. The highest BCUT2D eigenvalue weighted by molar-refractivity contribution is 7.98. The lowest BCUT2D eigenvalue weighted by molar-refractivity contribution is 0.426. The van der Waals surface area contributed by atoms with E-state index in [0.717, 1.165) is 21.7 Å². The number of para-hydroxylation sites is 1. The van der Waals surface area contributed by atoms with E-state index in [1.165, 1.54) is 11.8 Å². The summed E-state index contributed by atoms with van der Waals surface area (Å²) in [6.07, 6.45) is 0. The number of rotatable bonds is 5. The van der Waals surface area contributed by atoms with Crippen LogP contribution < -0.4 is 5.56 Å². The number of hydrogen-bond donors (Lipinski definition) is 0. The van der Waals surface area contributed by atoms with Crippen LogP contribution in [-0.4, -0.2) is 19.7 Å². The maximum absolute atomic E-state index is 13.4. The van der Waals surface area contributed by atoms with Gasteiger partial charge in [-0.25, -0.2) is 4.98 Å². The van der Waals surface area contributed by atoms with Crippen LogP contribution in [0.4, 0.5) is 0 Å². The number of aryl methyl sites for hydroxylation is 1. The monoisotopic (exact) mass is 446 g/mol. The third-order valence-electron chi connectivity index (χ3n) is 5.09. The van der Waals surface area contributed by atoms with E-state index in [0.29, 0.717) is 33.5 Å². The van der Waals surface area contributed by atoms with Crippen molar-refractivity contribution < 1.29 is 4.52 Å². The van der Waals surface area contributed by atoms with Crippen LogP contribution in [0.3, 0.4) is 0 Å². The van der Waals surface area contributed by atoms with Gasteiger partial charge in [-0.05, 0) is 54.6 Å². The van der Waals surface area contributed by atoms with Gasteiger partial charge in [0.2, 0.25) is 0 Å². The summed E-state index contributed by atoms with van der Waals surface area (Å²) in [7, 11) is 0.